The number of carbonyl (C=O) groups is 1. The van der Waals surface area contributed by atoms with Crippen LogP contribution in [0.25, 0.3) is 22.5 Å². The molecule has 0 aliphatic rings. The maximum absolute atomic E-state index is 13.2. The molecule has 0 radical (unpaired) electrons. The SMILES string of the molecule is CC(C)n1ncc2c(C(=O)OCc3nc(N)nc(Nc4ccc(F)cc4)n3)cc(-c3ccco3)nc21. The van der Waals surface area contributed by atoms with Gasteiger partial charge in [0, 0.05) is 11.7 Å². The molecule has 12 heteroatoms. The van der Waals surface area contributed by atoms with Gasteiger partial charge in [-0.05, 0) is 56.3 Å². The van der Waals surface area contributed by atoms with Crippen molar-refractivity contribution >= 4 is 34.6 Å². The first-order valence-corrected chi connectivity index (χ1v) is 11.0. The molecular weight excluding hydrogens is 467 g/mol. The first-order chi connectivity index (χ1) is 17.4. The fraction of sp³-hybridized carbons (Fsp3) is 0.167. The Labute approximate surface area is 204 Å². The van der Waals surface area contributed by atoms with E-state index in [4.69, 9.17) is 14.9 Å². The second-order valence-electron chi connectivity index (χ2n) is 8.09. The van der Waals surface area contributed by atoms with Crippen molar-refractivity contribution in [3.63, 3.8) is 0 Å². The van der Waals surface area contributed by atoms with Crippen molar-refractivity contribution < 1.29 is 18.3 Å². The number of nitrogen functional groups attached to an aromatic ring is 1. The summed E-state index contributed by atoms with van der Waals surface area (Å²) in [4.78, 5) is 30.1. The molecule has 0 aliphatic carbocycles. The van der Waals surface area contributed by atoms with E-state index in [-0.39, 0.29) is 41.8 Å². The Morgan fingerprint density at radius 2 is 1.97 bits per heavy atom. The summed E-state index contributed by atoms with van der Waals surface area (Å²) >= 11 is 0. The van der Waals surface area contributed by atoms with Gasteiger partial charge in [-0.25, -0.2) is 18.9 Å². The predicted molar refractivity (Wildman–Crippen MR) is 129 cm³/mol. The third-order valence-corrected chi connectivity index (χ3v) is 5.18. The van der Waals surface area contributed by atoms with Crippen LogP contribution in [-0.2, 0) is 11.3 Å². The van der Waals surface area contributed by atoms with Gasteiger partial charge in [0.15, 0.2) is 23.8 Å². The zero-order chi connectivity index (χ0) is 25.2. The number of esters is 1. The standard InChI is InChI=1S/C24H21FN8O3/c1-13(2)33-21-17(11-27-33)16(10-18(29-21)19-4-3-9-35-19)22(34)36-12-20-30-23(26)32-24(31-20)28-15-7-5-14(25)6-8-15/h3-11,13H,12H2,1-2H3,(H3,26,28,30,31,32). The summed E-state index contributed by atoms with van der Waals surface area (Å²) in [5.41, 5.74) is 7.62. The highest BCUT2D eigenvalue weighted by Crippen LogP contribution is 2.27. The number of furan rings is 1. The maximum Gasteiger partial charge on any atom is 0.339 e. The zero-order valence-corrected chi connectivity index (χ0v) is 19.3. The molecule has 0 atom stereocenters. The highest BCUT2D eigenvalue weighted by Gasteiger charge is 2.21. The number of nitrogens with two attached hydrogens (primary N) is 1. The van der Waals surface area contributed by atoms with E-state index in [2.05, 4.69) is 30.4 Å². The fourth-order valence-electron chi connectivity index (χ4n) is 3.54. The Morgan fingerprint density at radius 3 is 2.69 bits per heavy atom. The molecule has 0 spiro atoms. The number of pyridine rings is 1. The van der Waals surface area contributed by atoms with Gasteiger partial charge >= 0.3 is 5.97 Å². The Bertz CT molecular complexity index is 1530. The van der Waals surface area contributed by atoms with E-state index in [9.17, 15) is 9.18 Å². The molecule has 0 saturated heterocycles. The second kappa shape index (κ2) is 9.41. The van der Waals surface area contributed by atoms with Gasteiger partial charge in [-0.15, -0.1) is 0 Å². The van der Waals surface area contributed by atoms with E-state index in [1.165, 1.54) is 30.5 Å². The molecule has 4 aromatic heterocycles. The zero-order valence-electron chi connectivity index (χ0n) is 19.3. The van der Waals surface area contributed by atoms with Gasteiger partial charge in [0.2, 0.25) is 11.9 Å². The van der Waals surface area contributed by atoms with Crippen molar-refractivity contribution in [2.24, 2.45) is 0 Å². The number of benzene rings is 1. The van der Waals surface area contributed by atoms with E-state index in [0.29, 0.717) is 28.2 Å². The van der Waals surface area contributed by atoms with Crippen LogP contribution >= 0.6 is 0 Å². The fourth-order valence-corrected chi connectivity index (χ4v) is 3.54. The molecule has 0 bridgehead atoms. The summed E-state index contributed by atoms with van der Waals surface area (Å²) in [5, 5.41) is 7.83. The lowest BCUT2D eigenvalue weighted by molar-refractivity contribution is 0.0464. The number of nitrogens with zero attached hydrogens (tertiary/aromatic N) is 6. The molecular formula is C24H21FN8O3. The Hall–Kier alpha value is -4.87. The number of hydrogen-bond acceptors (Lipinski definition) is 10. The minimum atomic E-state index is -0.620. The predicted octanol–water partition coefficient (Wildman–Crippen LogP) is 4.28. The molecule has 36 heavy (non-hydrogen) atoms. The Balaban J connectivity index is 1.41. The summed E-state index contributed by atoms with van der Waals surface area (Å²) in [5.74, 6) is -0.289. The Morgan fingerprint density at radius 1 is 1.17 bits per heavy atom. The number of hydrogen-bond donors (Lipinski definition) is 2. The summed E-state index contributed by atoms with van der Waals surface area (Å²) in [6.45, 7) is 3.67. The smallest absolute Gasteiger partial charge is 0.339 e. The van der Waals surface area contributed by atoms with Crippen LogP contribution in [0.15, 0.2) is 59.3 Å². The molecule has 3 N–H and O–H groups in total. The molecule has 0 amide bonds. The molecule has 4 heterocycles. The lowest BCUT2D eigenvalue weighted by Crippen LogP contribution is -2.12. The van der Waals surface area contributed by atoms with E-state index < -0.39 is 5.97 Å². The molecule has 5 aromatic rings. The van der Waals surface area contributed by atoms with Crippen LogP contribution in [0, 0.1) is 5.82 Å². The van der Waals surface area contributed by atoms with Crippen molar-refractivity contribution in [1.29, 1.82) is 0 Å². The minimum Gasteiger partial charge on any atom is -0.463 e. The van der Waals surface area contributed by atoms with Crippen LogP contribution < -0.4 is 11.1 Å². The normalized spacial score (nSPS) is 11.2. The van der Waals surface area contributed by atoms with Gasteiger partial charge in [0.05, 0.1) is 23.4 Å². The quantitative estimate of drug-likeness (QED) is 0.318. The minimum absolute atomic E-state index is 0.0194. The molecule has 11 nitrogen and oxygen atoms in total. The number of halogens is 1. The third-order valence-electron chi connectivity index (χ3n) is 5.18. The van der Waals surface area contributed by atoms with E-state index in [1.807, 2.05) is 13.8 Å². The van der Waals surface area contributed by atoms with Crippen LogP contribution in [0.2, 0.25) is 0 Å². The monoisotopic (exact) mass is 488 g/mol. The molecule has 0 fully saturated rings. The van der Waals surface area contributed by atoms with Crippen molar-refractivity contribution in [1.82, 2.24) is 29.7 Å². The van der Waals surface area contributed by atoms with Gasteiger partial charge in [0.25, 0.3) is 0 Å². The maximum atomic E-state index is 13.2. The first kappa shape index (κ1) is 22.9. The number of aromatic nitrogens is 6. The van der Waals surface area contributed by atoms with Gasteiger partial charge in [-0.2, -0.15) is 20.1 Å². The summed E-state index contributed by atoms with van der Waals surface area (Å²) in [7, 11) is 0. The molecule has 182 valence electrons. The van der Waals surface area contributed by atoms with Gasteiger partial charge in [0.1, 0.15) is 11.5 Å². The van der Waals surface area contributed by atoms with Crippen molar-refractivity contribution in [2.75, 3.05) is 11.1 Å². The number of anilines is 3. The van der Waals surface area contributed by atoms with Crippen molar-refractivity contribution in [3.8, 4) is 11.5 Å². The molecule has 0 saturated carbocycles. The van der Waals surface area contributed by atoms with Gasteiger partial charge in [-0.1, -0.05) is 0 Å². The van der Waals surface area contributed by atoms with Crippen molar-refractivity contribution in [3.05, 3.63) is 72.1 Å². The first-order valence-electron chi connectivity index (χ1n) is 11.0. The van der Waals surface area contributed by atoms with Crippen LogP contribution in [0.1, 0.15) is 36.1 Å². The van der Waals surface area contributed by atoms with E-state index in [0.717, 1.165) is 0 Å². The molecule has 5 rings (SSSR count). The van der Waals surface area contributed by atoms with E-state index in [1.54, 1.807) is 29.1 Å². The molecule has 0 unspecified atom stereocenters. The summed E-state index contributed by atoms with van der Waals surface area (Å²) in [6.07, 6.45) is 3.11. The van der Waals surface area contributed by atoms with Crippen LogP contribution in [0.5, 0.6) is 0 Å². The molecule has 1 aromatic carbocycles. The lowest BCUT2D eigenvalue weighted by Gasteiger charge is -2.10. The van der Waals surface area contributed by atoms with Gasteiger partial charge in [-0.3, -0.25) is 0 Å². The van der Waals surface area contributed by atoms with E-state index >= 15 is 0 Å². The summed E-state index contributed by atoms with van der Waals surface area (Å²) < 4.78 is 25.9. The second-order valence-corrected chi connectivity index (χ2v) is 8.09. The van der Waals surface area contributed by atoms with Crippen LogP contribution in [0.4, 0.5) is 22.0 Å². The third kappa shape index (κ3) is 4.69. The Kier molecular flexibility index (Phi) is 5.98. The molecule has 0 aliphatic heterocycles. The highest BCUT2D eigenvalue weighted by molar-refractivity contribution is 6.03. The average Bonchev–Trinajstić information content (AvgIpc) is 3.53. The topological polar surface area (TPSA) is 147 Å². The number of ether oxygens (including phenoxy) is 1. The lowest BCUT2D eigenvalue weighted by atomic mass is 10.1. The van der Waals surface area contributed by atoms with Crippen LogP contribution in [0.3, 0.4) is 0 Å². The van der Waals surface area contributed by atoms with Gasteiger partial charge < -0.3 is 20.2 Å². The average molecular weight is 488 g/mol. The number of fused-ring (bicyclic) bond motifs is 1. The number of nitrogens with one attached hydrogen (secondary N) is 1. The largest absolute Gasteiger partial charge is 0.463 e. The highest BCUT2D eigenvalue weighted by atomic mass is 19.1. The number of rotatable bonds is 7. The summed E-state index contributed by atoms with van der Waals surface area (Å²) in [6, 6.07) is 10.7. The van der Waals surface area contributed by atoms with Crippen molar-refractivity contribution in [2.45, 2.75) is 26.5 Å². The van der Waals surface area contributed by atoms with Crippen LogP contribution in [-0.4, -0.2) is 35.7 Å². The number of carbonyl (C=O) groups excluding carboxylic acids is 1.